The quantitative estimate of drug-likeness (QED) is 0.825. The van der Waals surface area contributed by atoms with E-state index in [2.05, 4.69) is 21.2 Å². The molecule has 4 nitrogen and oxygen atoms in total. The summed E-state index contributed by atoms with van der Waals surface area (Å²) in [6, 6.07) is 3.49. The molecule has 0 bridgehead atoms. The molecule has 2 heterocycles. The fourth-order valence-corrected chi connectivity index (χ4v) is 6.25. The Hall–Kier alpha value is 0.0500. The van der Waals surface area contributed by atoms with Gasteiger partial charge in [0.05, 0.1) is 3.79 Å². The first-order chi connectivity index (χ1) is 9.54. The summed E-state index contributed by atoms with van der Waals surface area (Å²) in [5.41, 5.74) is 0. The van der Waals surface area contributed by atoms with Gasteiger partial charge in [-0.25, -0.2) is 8.42 Å². The maximum atomic E-state index is 12.7. The number of thiophene rings is 1. The van der Waals surface area contributed by atoms with E-state index in [0.717, 1.165) is 36.1 Å². The van der Waals surface area contributed by atoms with Crippen LogP contribution in [0.3, 0.4) is 0 Å². The Balaban J connectivity index is 2.14. The van der Waals surface area contributed by atoms with E-state index in [9.17, 15) is 8.42 Å². The average Bonchev–Trinajstić information content (AvgIpc) is 2.87. The molecule has 0 unspecified atom stereocenters. The Bertz CT molecular complexity index is 524. The second-order valence-electron chi connectivity index (χ2n) is 5.11. The van der Waals surface area contributed by atoms with E-state index in [1.165, 1.54) is 11.3 Å². The average molecular weight is 381 g/mol. The maximum absolute atomic E-state index is 12.7. The zero-order valence-electron chi connectivity index (χ0n) is 11.6. The smallest absolute Gasteiger partial charge is 0.252 e. The van der Waals surface area contributed by atoms with Gasteiger partial charge in [-0.1, -0.05) is 6.92 Å². The monoisotopic (exact) mass is 380 g/mol. The number of piperidine rings is 1. The van der Waals surface area contributed by atoms with Gasteiger partial charge in [-0.15, -0.1) is 11.3 Å². The van der Waals surface area contributed by atoms with Crippen LogP contribution in [0.2, 0.25) is 0 Å². The Kier molecular flexibility index (Phi) is 6.04. The van der Waals surface area contributed by atoms with E-state index in [4.69, 9.17) is 0 Å². The normalized spacial score (nSPS) is 17.8. The molecular weight excluding hydrogens is 360 g/mol. The molecule has 1 aromatic rings. The fraction of sp³-hybridized carbons (Fsp3) is 0.692. The molecule has 0 saturated carbocycles. The first kappa shape index (κ1) is 16.4. The van der Waals surface area contributed by atoms with Crippen molar-refractivity contribution in [2.24, 2.45) is 5.92 Å². The second kappa shape index (κ2) is 7.35. The van der Waals surface area contributed by atoms with Crippen LogP contribution in [-0.2, 0) is 10.0 Å². The van der Waals surface area contributed by atoms with Gasteiger partial charge in [0, 0.05) is 13.1 Å². The van der Waals surface area contributed by atoms with Crippen LogP contribution in [0.25, 0.3) is 0 Å². The fourth-order valence-electron chi connectivity index (χ4n) is 2.47. The molecule has 0 spiro atoms. The van der Waals surface area contributed by atoms with Gasteiger partial charge in [-0.3, -0.25) is 0 Å². The van der Waals surface area contributed by atoms with Crippen LogP contribution in [0.5, 0.6) is 0 Å². The van der Waals surface area contributed by atoms with Crippen LogP contribution in [0.4, 0.5) is 0 Å². The molecule has 1 saturated heterocycles. The number of sulfonamides is 1. The minimum atomic E-state index is -3.34. The highest BCUT2D eigenvalue weighted by molar-refractivity contribution is 9.11. The molecule has 1 aromatic heterocycles. The van der Waals surface area contributed by atoms with Crippen molar-refractivity contribution >= 4 is 37.3 Å². The highest BCUT2D eigenvalue weighted by atomic mass is 79.9. The largest absolute Gasteiger partial charge is 0.317 e. The molecule has 7 heteroatoms. The van der Waals surface area contributed by atoms with Crippen LogP contribution in [0.15, 0.2) is 20.1 Å². The van der Waals surface area contributed by atoms with Crippen LogP contribution in [-0.4, -0.2) is 38.9 Å². The third-order valence-corrected chi connectivity index (χ3v) is 7.49. The van der Waals surface area contributed by atoms with Crippen LogP contribution in [0.1, 0.15) is 26.2 Å². The lowest BCUT2D eigenvalue weighted by Gasteiger charge is -2.29. The molecule has 0 radical (unpaired) electrons. The summed E-state index contributed by atoms with van der Waals surface area (Å²) in [6.07, 6.45) is 2.96. The third-order valence-electron chi connectivity index (χ3n) is 3.54. The highest BCUT2D eigenvalue weighted by Crippen LogP contribution is 2.29. The minimum absolute atomic E-state index is 0.437. The summed E-state index contributed by atoms with van der Waals surface area (Å²) in [5.74, 6) is 0.473. The molecule has 0 aliphatic carbocycles. The molecule has 1 fully saturated rings. The predicted molar refractivity (Wildman–Crippen MR) is 86.7 cm³/mol. The van der Waals surface area contributed by atoms with Gasteiger partial charge in [-0.05, 0) is 66.3 Å². The van der Waals surface area contributed by atoms with Crippen molar-refractivity contribution in [2.45, 2.75) is 30.4 Å². The highest BCUT2D eigenvalue weighted by Gasteiger charge is 2.28. The van der Waals surface area contributed by atoms with Gasteiger partial charge < -0.3 is 5.32 Å². The van der Waals surface area contributed by atoms with Gasteiger partial charge in [0.15, 0.2) is 0 Å². The standard InChI is InChI=1S/C13H21BrN2O2S2/c1-2-9-16(10-11-5-7-15-8-6-11)20(17,18)13-4-3-12(14)19-13/h3-4,11,15H,2,5-10H2,1H3. The summed E-state index contributed by atoms with van der Waals surface area (Å²) in [6.45, 7) is 5.26. The summed E-state index contributed by atoms with van der Waals surface area (Å²) in [5, 5.41) is 3.32. The van der Waals surface area contributed by atoms with E-state index in [-0.39, 0.29) is 0 Å². The van der Waals surface area contributed by atoms with Crippen LogP contribution >= 0.6 is 27.3 Å². The first-order valence-corrected chi connectivity index (χ1v) is 10.0. The van der Waals surface area contributed by atoms with E-state index in [1.807, 2.05) is 6.92 Å². The van der Waals surface area contributed by atoms with E-state index in [0.29, 0.717) is 23.2 Å². The number of hydrogen-bond acceptors (Lipinski definition) is 4. The number of nitrogens with one attached hydrogen (secondary N) is 1. The van der Waals surface area contributed by atoms with Crippen molar-refractivity contribution in [1.82, 2.24) is 9.62 Å². The molecule has 0 atom stereocenters. The van der Waals surface area contributed by atoms with Crippen LogP contribution in [0, 0.1) is 5.92 Å². The van der Waals surface area contributed by atoms with Gasteiger partial charge in [-0.2, -0.15) is 4.31 Å². The lowest BCUT2D eigenvalue weighted by molar-refractivity contribution is 0.288. The van der Waals surface area contributed by atoms with Crippen molar-refractivity contribution in [3.8, 4) is 0 Å². The second-order valence-corrected chi connectivity index (χ2v) is 9.74. The van der Waals surface area contributed by atoms with E-state index < -0.39 is 10.0 Å². The Morgan fingerprint density at radius 3 is 2.65 bits per heavy atom. The lowest BCUT2D eigenvalue weighted by Crippen LogP contribution is -2.39. The number of rotatable bonds is 6. The molecule has 0 aromatic carbocycles. The van der Waals surface area contributed by atoms with Crippen LogP contribution < -0.4 is 5.32 Å². The van der Waals surface area contributed by atoms with Crippen molar-refractivity contribution < 1.29 is 8.42 Å². The van der Waals surface area contributed by atoms with Crippen molar-refractivity contribution in [3.63, 3.8) is 0 Å². The number of halogens is 1. The third kappa shape index (κ3) is 4.04. The summed E-state index contributed by atoms with van der Waals surface area (Å²) in [4.78, 5) is 0. The Morgan fingerprint density at radius 2 is 2.10 bits per heavy atom. The molecular formula is C13H21BrN2O2S2. The maximum Gasteiger partial charge on any atom is 0.252 e. The van der Waals surface area contributed by atoms with E-state index in [1.54, 1.807) is 16.4 Å². The minimum Gasteiger partial charge on any atom is -0.317 e. The molecule has 1 aliphatic heterocycles. The van der Waals surface area contributed by atoms with Gasteiger partial charge in [0.2, 0.25) is 0 Å². The SMILES string of the molecule is CCCN(CC1CCNCC1)S(=O)(=O)c1ccc(Br)s1. The molecule has 2 rings (SSSR count). The van der Waals surface area contributed by atoms with Crippen molar-refractivity contribution in [2.75, 3.05) is 26.2 Å². The zero-order valence-corrected chi connectivity index (χ0v) is 14.9. The molecule has 0 amide bonds. The Labute approximate surface area is 133 Å². The van der Waals surface area contributed by atoms with Gasteiger partial charge >= 0.3 is 0 Å². The lowest BCUT2D eigenvalue weighted by atomic mass is 9.98. The van der Waals surface area contributed by atoms with Gasteiger partial charge in [0.25, 0.3) is 10.0 Å². The first-order valence-electron chi connectivity index (χ1n) is 7.00. The van der Waals surface area contributed by atoms with Crippen molar-refractivity contribution in [1.29, 1.82) is 0 Å². The number of nitrogens with zero attached hydrogens (tertiary/aromatic N) is 1. The molecule has 114 valence electrons. The molecule has 20 heavy (non-hydrogen) atoms. The zero-order chi connectivity index (χ0) is 14.6. The van der Waals surface area contributed by atoms with Gasteiger partial charge in [0.1, 0.15) is 4.21 Å². The number of hydrogen-bond donors (Lipinski definition) is 1. The topological polar surface area (TPSA) is 49.4 Å². The predicted octanol–water partition coefficient (Wildman–Crippen LogP) is 2.91. The molecule has 1 N–H and O–H groups in total. The summed E-state index contributed by atoms with van der Waals surface area (Å²) >= 11 is 4.62. The molecule has 1 aliphatic rings. The Morgan fingerprint density at radius 1 is 1.40 bits per heavy atom. The summed E-state index contributed by atoms with van der Waals surface area (Å²) < 4.78 is 28.4. The van der Waals surface area contributed by atoms with E-state index >= 15 is 0 Å². The van der Waals surface area contributed by atoms with Crippen molar-refractivity contribution in [3.05, 3.63) is 15.9 Å². The summed E-state index contributed by atoms with van der Waals surface area (Å²) in [7, 11) is -3.34.